The van der Waals surface area contributed by atoms with E-state index in [9.17, 15) is 13.2 Å². The summed E-state index contributed by atoms with van der Waals surface area (Å²) in [4.78, 5) is 12.8. The first-order valence-electron chi connectivity index (χ1n) is 8.49. The van der Waals surface area contributed by atoms with Gasteiger partial charge in [0.15, 0.2) is 0 Å². The van der Waals surface area contributed by atoms with Gasteiger partial charge in [0.25, 0.3) is 5.91 Å². The number of nitrogens with two attached hydrogens (primary N) is 1. The standard InChI is InChI=1S/C19H25N3O3S/c1-5-22(6-2)26(24,25)18-11-15(9-7-14(18)4)19(23)21-17-12-16(20)10-8-13(17)3/h7-12H,5-6,20H2,1-4H3,(H,21,23). The molecule has 0 fully saturated rings. The van der Waals surface area contributed by atoms with Crippen LogP contribution in [0.5, 0.6) is 0 Å². The van der Waals surface area contributed by atoms with E-state index in [1.165, 1.54) is 10.4 Å². The molecule has 7 heteroatoms. The second-order valence-corrected chi connectivity index (χ2v) is 8.00. The minimum atomic E-state index is -3.64. The van der Waals surface area contributed by atoms with Gasteiger partial charge in [-0.2, -0.15) is 4.31 Å². The number of rotatable bonds is 6. The summed E-state index contributed by atoms with van der Waals surface area (Å²) in [5.74, 6) is -0.380. The SMILES string of the molecule is CCN(CC)S(=O)(=O)c1cc(C(=O)Nc2cc(N)ccc2C)ccc1C. The summed E-state index contributed by atoms with van der Waals surface area (Å²) in [7, 11) is -3.64. The molecule has 1 amide bonds. The highest BCUT2D eigenvalue weighted by Crippen LogP contribution is 2.23. The van der Waals surface area contributed by atoms with Crippen molar-refractivity contribution < 1.29 is 13.2 Å². The second kappa shape index (κ2) is 7.88. The van der Waals surface area contributed by atoms with E-state index in [1.54, 1.807) is 45.0 Å². The first-order chi connectivity index (χ1) is 12.2. The van der Waals surface area contributed by atoms with Crippen LogP contribution in [-0.4, -0.2) is 31.7 Å². The van der Waals surface area contributed by atoms with Gasteiger partial charge in [-0.15, -0.1) is 0 Å². The van der Waals surface area contributed by atoms with Crippen LogP contribution in [0.3, 0.4) is 0 Å². The lowest BCUT2D eigenvalue weighted by Crippen LogP contribution is -2.31. The van der Waals surface area contributed by atoms with Gasteiger partial charge in [-0.1, -0.05) is 26.0 Å². The molecule has 0 aliphatic heterocycles. The lowest BCUT2D eigenvalue weighted by atomic mass is 10.1. The van der Waals surface area contributed by atoms with Gasteiger partial charge in [0.05, 0.1) is 4.90 Å². The Morgan fingerprint density at radius 3 is 2.27 bits per heavy atom. The Morgan fingerprint density at radius 1 is 1.04 bits per heavy atom. The first-order valence-corrected chi connectivity index (χ1v) is 9.93. The molecule has 0 saturated carbocycles. The Balaban J connectivity index is 2.40. The minimum Gasteiger partial charge on any atom is -0.399 e. The number of nitrogens with one attached hydrogen (secondary N) is 1. The molecule has 0 spiro atoms. The van der Waals surface area contributed by atoms with Gasteiger partial charge < -0.3 is 11.1 Å². The minimum absolute atomic E-state index is 0.151. The molecule has 2 aromatic rings. The van der Waals surface area contributed by atoms with E-state index >= 15 is 0 Å². The zero-order chi connectivity index (χ0) is 19.5. The van der Waals surface area contributed by atoms with Crippen molar-refractivity contribution in [3.8, 4) is 0 Å². The highest BCUT2D eigenvalue weighted by atomic mass is 32.2. The summed E-state index contributed by atoms with van der Waals surface area (Å²) in [5, 5.41) is 2.80. The van der Waals surface area contributed by atoms with Crippen molar-refractivity contribution in [2.24, 2.45) is 0 Å². The maximum absolute atomic E-state index is 12.8. The summed E-state index contributed by atoms with van der Waals surface area (Å²) in [6, 6.07) is 9.95. The number of carbonyl (C=O) groups excluding carboxylic acids is 1. The predicted molar refractivity (Wildman–Crippen MR) is 105 cm³/mol. The van der Waals surface area contributed by atoms with Crippen molar-refractivity contribution in [3.05, 3.63) is 53.1 Å². The molecule has 0 atom stereocenters. The average Bonchev–Trinajstić information content (AvgIpc) is 2.59. The molecule has 6 nitrogen and oxygen atoms in total. The van der Waals surface area contributed by atoms with Crippen LogP contribution >= 0.6 is 0 Å². The molecule has 0 aliphatic carbocycles. The van der Waals surface area contributed by atoms with Gasteiger partial charge in [0, 0.05) is 30.0 Å². The molecule has 0 bridgehead atoms. The van der Waals surface area contributed by atoms with Crippen LogP contribution in [0.15, 0.2) is 41.3 Å². The van der Waals surface area contributed by atoms with Gasteiger partial charge in [0.1, 0.15) is 0 Å². The lowest BCUT2D eigenvalue weighted by Gasteiger charge is -2.20. The number of benzene rings is 2. The molecule has 3 N–H and O–H groups in total. The smallest absolute Gasteiger partial charge is 0.255 e. The van der Waals surface area contributed by atoms with Crippen LogP contribution in [-0.2, 0) is 10.0 Å². The number of hydrogen-bond acceptors (Lipinski definition) is 4. The summed E-state index contributed by atoms with van der Waals surface area (Å²) < 4.78 is 27.0. The van der Waals surface area contributed by atoms with Crippen LogP contribution in [0.4, 0.5) is 11.4 Å². The van der Waals surface area contributed by atoms with E-state index in [-0.39, 0.29) is 16.4 Å². The predicted octanol–water partition coefficient (Wildman–Crippen LogP) is 3.17. The summed E-state index contributed by atoms with van der Waals surface area (Å²) >= 11 is 0. The molecule has 0 radical (unpaired) electrons. The van der Waals surface area contributed by atoms with Crippen molar-refractivity contribution in [1.82, 2.24) is 4.31 Å². The van der Waals surface area contributed by atoms with E-state index < -0.39 is 10.0 Å². The zero-order valence-corrected chi connectivity index (χ0v) is 16.4. The van der Waals surface area contributed by atoms with Crippen molar-refractivity contribution in [3.63, 3.8) is 0 Å². The van der Waals surface area contributed by atoms with Gasteiger partial charge >= 0.3 is 0 Å². The summed E-state index contributed by atoms with van der Waals surface area (Å²) in [6.45, 7) is 7.90. The van der Waals surface area contributed by atoms with Crippen molar-refractivity contribution >= 4 is 27.3 Å². The third-order valence-corrected chi connectivity index (χ3v) is 6.48. The average molecular weight is 375 g/mol. The number of anilines is 2. The second-order valence-electron chi connectivity index (χ2n) is 6.10. The fourth-order valence-electron chi connectivity index (χ4n) is 2.69. The molecular weight excluding hydrogens is 350 g/mol. The fraction of sp³-hybridized carbons (Fsp3) is 0.316. The van der Waals surface area contributed by atoms with Crippen molar-refractivity contribution in [2.45, 2.75) is 32.6 Å². The van der Waals surface area contributed by atoms with Gasteiger partial charge in [-0.25, -0.2) is 8.42 Å². The largest absolute Gasteiger partial charge is 0.399 e. The zero-order valence-electron chi connectivity index (χ0n) is 15.5. The van der Waals surface area contributed by atoms with Crippen LogP contribution in [0.2, 0.25) is 0 Å². The van der Waals surface area contributed by atoms with Crippen LogP contribution < -0.4 is 11.1 Å². The summed E-state index contributed by atoms with van der Waals surface area (Å²) in [6.07, 6.45) is 0. The van der Waals surface area contributed by atoms with Crippen LogP contribution in [0.25, 0.3) is 0 Å². The molecule has 0 aromatic heterocycles. The normalized spacial score (nSPS) is 11.6. The number of amides is 1. The Morgan fingerprint density at radius 2 is 1.65 bits per heavy atom. The fourth-order valence-corrected chi connectivity index (χ4v) is 4.40. The van der Waals surface area contributed by atoms with Crippen molar-refractivity contribution in [2.75, 3.05) is 24.1 Å². The van der Waals surface area contributed by atoms with Gasteiger partial charge in [-0.3, -0.25) is 4.79 Å². The number of nitrogens with zero attached hydrogens (tertiary/aromatic N) is 1. The molecule has 0 heterocycles. The maximum atomic E-state index is 12.8. The monoisotopic (exact) mass is 375 g/mol. The molecule has 26 heavy (non-hydrogen) atoms. The van der Waals surface area contributed by atoms with E-state index in [0.29, 0.717) is 30.0 Å². The number of nitrogen functional groups attached to an aromatic ring is 1. The molecule has 140 valence electrons. The third-order valence-electron chi connectivity index (χ3n) is 4.28. The molecule has 0 aliphatic rings. The number of hydrogen-bond donors (Lipinski definition) is 2. The lowest BCUT2D eigenvalue weighted by molar-refractivity contribution is 0.102. The Kier molecular flexibility index (Phi) is 6.05. The van der Waals surface area contributed by atoms with Gasteiger partial charge in [-0.05, 0) is 49.2 Å². The summed E-state index contributed by atoms with van der Waals surface area (Å²) in [5.41, 5.74) is 8.67. The van der Waals surface area contributed by atoms with E-state index in [0.717, 1.165) is 5.56 Å². The highest BCUT2D eigenvalue weighted by molar-refractivity contribution is 7.89. The third kappa shape index (κ3) is 4.05. The number of carbonyl (C=O) groups is 1. The first kappa shape index (κ1) is 19.9. The quantitative estimate of drug-likeness (QED) is 0.759. The number of aryl methyl sites for hydroxylation is 2. The molecular formula is C19H25N3O3S. The van der Waals surface area contributed by atoms with E-state index in [2.05, 4.69) is 5.32 Å². The van der Waals surface area contributed by atoms with Crippen LogP contribution in [0.1, 0.15) is 35.3 Å². The number of sulfonamides is 1. The van der Waals surface area contributed by atoms with Crippen molar-refractivity contribution in [1.29, 1.82) is 0 Å². The molecule has 2 aromatic carbocycles. The van der Waals surface area contributed by atoms with Gasteiger partial charge in [0.2, 0.25) is 10.0 Å². The Hall–Kier alpha value is -2.38. The highest BCUT2D eigenvalue weighted by Gasteiger charge is 2.24. The topological polar surface area (TPSA) is 92.5 Å². The van der Waals surface area contributed by atoms with E-state index in [4.69, 9.17) is 5.73 Å². The Labute approximate surface area is 155 Å². The maximum Gasteiger partial charge on any atom is 0.255 e. The van der Waals surface area contributed by atoms with E-state index in [1.807, 2.05) is 13.0 Å². The Bertz CT molecular complexity index is 920. The molecule has 0 unspecified atom stereocenters. The molecule has 2 rings (SSSR count). The molecule has 0 saturated heterocycles. The van der Waals surface area contributed by atoms with Crippen LogP contribution in [0, 0.1) is 13.8 Å².